The normalized spacial score (nSPS) is 21.1. The molecule has 0 amide bonds. The Balaban J connectivity index is 2.12. The number of likely N-dealkylation sites (tertiary alicyclic amines) is 1. The molecule has 1 saturated heterocycles. The van der Waals surface area contributed by atoms with Gasteiger partial charge in [0.25, 0.3) is 0 Å². The Bertz CT molecular complexity index is 447. The van der Waals surface area contributed by atoms with Gasteiger partial charge in [0.05, 0.1) is 7.11 Å². The number of halogens is 1. The van der Waals surface area contributed by atoms with E-state index in [4.69, 9.17) is 16.3 Å². The van der Waals surface area contributed by atoms with Crippen LogP contribution in [0.4, 0.5) is 0 Å². The number of carbonyl (C=O) groups excluding carboxylic acids is 1. The van der Waals surface area contributed by atoms with Gasteiger partial charge in [-0.1, -0.05) is 24.6 Å². The van der Waals surface area contributed by atoms with Gasteiger partial charge < -0.3 is 4.74 Å². The van der Waals surface area contributed by atoms with E-state index in [1.807, 2.05) is 25.1 Å². The summed E-state index contributed by atoms with van der Waals surface area (Å²) in [5.41, 5.74) is 1.00. The number of nitrogens with zero attached hydrogens (tertiary/aromatic N) is 1. The van der Waals surface area contributed by atoms with Crippen LogP contribution >= 0.6 is 11.6 Å². The molecule has 0 spiro atoms. The second-order valence-corrected chi connectivity index (χ2v) is 5.18. The molecule has 1 unspecified atom stereocenters. The standard InChI is InChI=1S/C14H18ClNO2/c1-10-8-16(7-6-13(10)17)9-11-12(15)4-3-5-14(11)18-2/h3-5,10H,6-9H2,1-2H3. The van der Waals surface area contributed by atoms with Crippen molar-refractivity contribution < 1.29 is 9.53 Å². The van der Waals surface area contributed by atoms with Crippen LogP contribution in [0.1, 0.15) is 18.9 Å². The van der Waals surface area contributed by atoms with Crippen LogP contribution in [0.25, 0.3) is 0 Å². The molecule has 3 nitrogen and oxygen atoms in total. The first-order chi connectivity index (χ1) is 8.61. The number of carbonyl (C=O) groups is 1. The van der Waals surface area contributed by atoms with E-state index in [-0.39, 0.29) is 5.92 Å². The molecule has 98 valence electrons. The van der Waals surface area contributed by atoms with E-state index >= 15 is 0 Å². The van der Waals surface area contributed by atoms with Gasteiger partial charge in [-0.3, -0.25) is 9.69 Å². The van der Waals surface area contributed by atoms with Crippen molar-refractivity contribution in [2.24, 2.45) is 5.92 Å². The summed E-state index contributed by atoms with van der Waals surface area (Å²) in [6.07, 6.45) is 0.633. The number of ketones is 1. The number of benzene rings is 1. The quantitative estimate of drug-likeness (QED) is 0.843. The molecule has 0 aromatic heterocycles. The number of Topliss-reactive ketones (excluding diaryl/α,β-unsaturated/α-hetero) is 1. The maximum atomic E-state index is 11.5. The lowest BCUT2D eigenvalue weighted by Crippen LogP contribution is -2.39. The van der Waals surface area contributed by atoms with E-state index in [9.17, 15) is 4.79 Å². The summed E-state index contributed by atoms with van der Waals surface area (Å²) in [5, 5.41) is 0.721. The zero-order chi connectivity index (χ0) is 13.1. The van der Waals surface area contributed by atoms with E-state index < -0.39 is 0 Å². The fourth-order valence-corrected chi connectivity index (χ4v) is 2.57. The second-order valence-electron chi connectivity index (χ2n) is 4.77. The summed E-state index contributed by atoms with van der Waals surface area (Å²) in [7, 11) is 1.65. The fourth-order valence-electron chi connectivity index (χ4n) is 2.35. The molecule has 0 aliphatic carbocycles. The van der Waals surface area contributed by atoms with Crippen molar-refractivity contribution in [3.8, 4) is 5.75 Å². The first kappa shape index (κ1) is 13.4. The van der Waals surface area contributed by atoms with E-state index in [2.05, 4.69) is 4.90 Å². The highest BCUT2D eigenvalue weighted by Crippen LogP contribution is 2.28. The van der Waals surface area contributed by atoms with E-state index in [0.29, 0.717) is 12.2 Å². The predicted molar refractivity (Wildman–Crippen MR) is 72.1 cm³/mol. The average Bonchev–Trinajstić information content (AvgIpc) is 2.36. The first-order valence-electron chi connectivity index (χ1n) is 6.18. The fraction of sp³-hybridized carbons (Fsp3) is 0.500. The van der Waals surface area contributed by atoms with Crippen LogP contribution < -0.4 is 4.74 Å². The molecule has 0 N–H and O–H groups in total. The van der Waals surface area contributed by atoms with Crippen molar-refractivity contribution in [2.75, 3.05) is 20.2 Å². The molecule has 1 aliphatic heterocycles. The van der Waals surface area contributed by atoms with Crippen LogP contribution in [0.3, 0.4) is 0 Å². The average molecular weight is 268 g/mol. The summed E-state index contributed by atoms with van der Waals surface area (Å²) in [6, 6.07) is 5.67. The van der Waals surface area contributed by atoms with Gasteiger partial charge in [-0.05, 0) is 12.1 Å². The molecule has 1 aliphatic rings. The largest absolute Gasteiger partial charge is 0.496 e. The Labute approximate surface area is 113 Å². The van der Waals surface area contributed by atoms with E-state index in [1.54, 1.807) is 7.11 Å². The highest BCUT2D eigenvalue weighted by Gasteiger charge is 2.24. The van der Waals surface area contributed by atoms with Crippen LogP contribution in [0.2, 0.25) is 5.02 Å². The minimum atomic E-state index is 0.118. The minimum absolute atomic E-state index is 0.118. The number of hydrogen-bond acceptors (Lipinski definition) is 3. The van der Waals surface area contributed by atoms with Crippen molar-refractivity contribution in [1.29, 1.82) is 0 Å². The van der Waals surface area contributed by atoms with Crippen LogP contribution in [-0.2, 0) is 11.3 Å². The van der Waals surface area contributed by atoms with Gasteiger partial charge in [0, 0.05) is 42.6 Å². The van der Waals surface area contributed by atoms with Crippen LogP contribution in [-0.4, -0.2) is 30.9 Å². The highest BCUT2D eigenvalue weighted by molar-refractivity contribution is 6.31. The number of methoxy groups -OCH3 is 1. The maximum Gasteiger partial charge on any atom is 0.138 e. The van der Waals surface area contributed by atoms with Gasteiger partial charge in [0.15, 0.2) is 0 Å². The van der Waals surface area contributed by atoms with Gasteiger partial charge in [0.1, 0.15) is 11.5 Å². The molecule has 1 fully saturated rings. The van der Waals surface area contributed by atoms with Gasteiger partial charge in [-0.15, -0.1) is 0 Å². The van der Waals surface area contributed by atoms with Gasteiger partial charge >= 0.3 is 0 Å². The SMILES string of the molecule is COc1cccc(Cl)c1CN1CCC(=O)C(C)C1. The lowest BCUT2D eigenvalue weighted by atomic mass is 9.98. The van der Waals surface area contributed by atoms with Gasteiger partial charge in [-0.25, -0.2) is 0 Å². The molecule has 18 heavy (non-hydrogen) atoms. The Morgan fingerprint density at radius 2 is 2.28 bits per heavy atom. The highest BCUT2D eigenvalue weighted by atomic mass is 35.5. The van der Waals surface area contributed by atoms with Crippen molar-refractivity contribution in [3.63, 3.8) is 0 Å². The molecule has 2 rings (SSSR count). The first-order valence-corrected chi connectivity index (χ1v) is 6.56. The molecular formula is C14H18ClNO2. The molecule has 4 heteroatoms. The van der Waals surface area contributed by atoms with Crippen LogP contribution in [0.5, 0.6) is 5.75 Å². The third-order valence-corrected chi connectivity index (χ3v) is 3.79. The Kier molecular flexibility index (Phi) is 4.25. The molecule has 1 aromatic rings. The summed E-state index contributed by atoms with van der Waals surface area (Å²) in [4.78, 5) is 13.8. The van der Waals surface area contributed by atoms with Crippen LogP contribution in [0, 0.1) is 5.92 Å². The summed E-state index contributed by atoms with van der Waals surface area (Å²) >= 11 is 6.22. The third kappa shape index (κ3) is 2.85. The van der Waals surface area contributed by atoms with E-state index in [1.165, 1.54) is 0 Å². The topological polar surface area (TPSA) is 29.5 Å². The zero-order valence-corrected chi connectivity index (χ0v) is 11.5. The minimum Gasteiger partial charge on any atom is -0.496 e. The Morgan fingerprint density at radius 1 is 1.50 bits per heavy atom. The Hall–Kier alpha value is -1.06. The lowest BCUT2D eigenvalue weighted by Gasteiger charge is -2.30. The number of rotatable bonds is 3. The summed E-state index contributed by atoms with van der Waals surface area (Å²) < 4.78 is 5.34. The van der Waals surface area contributed by atoms with Gasteiger partial charge in [0.2, 0.25) is 0 Å². The monoisotopic (exact) mass is 267 g/mol. The summed E-state index contributed by atoms with van der Waals surface area (Å²) in [5.74, 6) is 1.29. The Morgan fingerprint density at radius 3 is 2.94 bits per heavy atom. The zero-order valence-electron chi connectivity index (χ0n) is 10.8. The molecule has 0 saturated carbocycles. The van der Waals surface area contributed by atoms with E-state index in [0.717, 1.165) is 36.0 Å². The molecule has 1 atom stereocenters. The van der Waals surface area contributed by atoms with Crippen molar-refractivity contribution in [3.05, 3.63) is 28.8 Å². The number of hydrogen-bond donors (Lipinski definition) is 0. The summed E-state index contributed by atoms with van der Waals surface area (Å²) in [6.45, 7) is 4.32. The van der Waals surface area contributed by atoms with Crippen molar-refractivity contribution in [1.82, 2.24) is 4.90 Å². The van der Waals surface area contributed by atoms with Crippen LogP contribution in [0.15, 0.2) is 18.2 Å². The smallest absolute Gasteiger partial charge is 0.138 e. The molecular weight excluding hydrogens is 250 g/mol. The maximum absolute atomic E-state index is 11.5. The molecule has 0 radical (unpaired) electrons. The molecule has 1 aromatic carbocycles. The molecule has 1 heterocycles. The van der Waals surface area contributed by atoms with Crippen molar-refractivity contribution in [2.45, 2.75) is 19.9 Å². The van der Waals surface area contributed by atoms with Crippen molar-refractivity contribution >= 4 is 17.4 Å². The van der Waals surface area contributed by atoms with Gasteiger partial charge in [-0.2, -0.15) is 0 Å². The second kappa shape index (κ2) is 5.72. The lowest BCUT2D eigenvalue weighted by molar-refractivity contribution is -0.125. The number of ether oxygens (including phenoxy) is 1. The molecule has 0 bridgehead atoms. The number of piperidine rings is 1. The predicted octanol–water partition coefficient (Wildman–Crippen LogP) is 2.76. The third-order valence-electron chi connectivity index (χ3n) is 3.43.